The average molecular weight is 349 g/mol. The monoisotopic (exact) mass is 348 g/mol. The molecule has 1 unspecified atom stereocenters. The highest BCUT2D eigenvalue weighted by atomic mass is 35.5. The summed E-state index contributed by atoms with van der Waals surface area (Å²) in [5.41, 5.74) is 0.338. The largest absolute Gasteiger partial charge is 0.465 e. The van der Waals surface area contributed by atoms with E-state index >= 15 is 0 Å². The van der Waals surface area contributed by atoms with Crippen molar-refractivity contribution in [2.24, 2.45) is 0 Å². The van der Waals surface area contributed by atoms with Gasteiger partial charge in [0.1, 0.15) is 0 Å². The second-order valence-electron chi connectivity index (χ2n) is 4.99. The molecule has 8 heteroatoms. The first-order valence-corrected chi connectivity index (χ1v) is 8.29. The van der Waals surface area contributed by atoms with Crippen molar-refractivity contribution < 1.29 is 17.9 Å². The number of methoxy groups -OCH3 is 1. The zero-order valence-electron chi connectivity index (χ0n) is 12.6. The summed E-state index contributed by atoms with van der Waals surface area (Å²) in [5, 5.41) is 3.03. The molecule has 1 heterocycles. The van der Waals surface area contributed by atoms with E-state index in [9.17, 15) is 13.2 Å². The number of halogens is 1. The molecule has 1 aliphatic rings. The lowest BCUT2D eigenvalue weighted by atomic mass is 10.2. The molecule has 0 radical (unpaired) electrons. The van der Waals surface area contributed by atoms with Gasteiger partial charge in [0, 0.05) is 19.1 Å². The third kappa shape index (κ3) is 3.78. The molecule has 1 aromatic rings. The van der Waals surface area contributed by atoms with Gasteiger partial charge in [0.25, 0.3) is 0 Å². The number of benzene rings is 1. The molecule has 0 aliphatic carbocycles. The first-order valence-electron chi connectivity index (χ1n) is 6.85. The molecule has 1 saturated heterocycles. The second-order valence-corrected chi connectivity index (χ2v) is 6.88. The van der Waals surface area contributed by atoms with Gasteiger partial charge in [-0.2, -0.15) is 4.31 Å². The van der Waals surface area contributed by atoms with Crippen LogP contribution in [0.2, 0.25) is 0 Å². The van der Waals surface area contributed by atoms with E-state index in [0.29, 0.717) is 18.7 Å². The van der Waals surface area contributed by atoms with Crippen LogP contribution in [0.4, 0.5) is 0 Å². The minimum Gasteiger partial charge on any atom is -0.465 e. The van der Waals surface area contributed by atoms with E-state index in [2.05, 4.69) is 10.1 Å². The van der Waals surface area contributed by atoms with Crippen LogP contribution < -0.4 is 5.32 Å². The van der Waals surface area contributed by atoms with Gasteiger partial charge in [0.2, 0.25) is 10.0 Å². The van der Waals surface area contributed by atoms with Crippen molar-refractivity contribution in [2.75, 3.05) is 27.2 Å². The zero-order chi connectivity index (χ0) is 15.5. The summed E-state index contributed by atoms with van der Waals surface area (Å²) in [6, 6.07) is 5.84. The molecule has 0 bridgehead atoms. The Kier molecular flexibility index (Phi) is 6.80. The van der Waals surface area contributed by atoms with Crippen LogP contribution >= 0.6 is 12.4 Å². The first-order chi connectivity index (χ1) is 10.0. The number of nitrogens with one attached hydrogen (secondary N) is 1. The Hall–Kier alpha value is -1.15. The normalized spacial score (nSPS) is 18.7. The van der Waals surface area contributed by atoms with E-state index in [1.165, 1.54) is 35.7 Å². The Labute approximate surface area is 137 Å². The van der Waals surface area contributed by atoms with Crippen molar-refractivity contribution in [1.29, 1.82) is 0 Å². The molecule has 124 valence electrons. The number of carbonyl (C=O) groups excluding carboxylic acids is 1. The summed E-state index contributed by atoms with van der Waals surface area (Å²) < 4.78 is 31.4. The number of carbonyl (C=O) groups is 1. The minimum atomic E-state index is -3.52. The Morgan fingerprint density at radius 2 is 2.00 bits per heavy atom. The highest BCUT2D eigenvalue weighted by molar-refractivity contribution is 7.89. The van der Waals surface area contributed by atoms with Crippen LogP contribution in [0.15, 0.2) is 29.2 Å². The molecule has 0 saturated carbocycles. The fourth-order valence-electron chi connectivity index (χ4n) is 2.58. The molecule has 1 atom stereocenters. The molecule has 1 aliphatic heterocycles. The summed E-state index contributed by atoms with van der Waals surface area (Å²) in [6.45, 7) is 1.17. The summed E-state index contributed by atoms with van der Waals surface area (Å²) in [5.74, 6) is -0.479. The van der Waals surface area contributed by atoms with E-state index in [1.807, 2.05) is 7.05 Å². The highest BCUT2D eigenvalue weighted by Crippen LogP contribution is 2.26. The third-order valence-corrected chi connectivity index (χ3v) is 5.61. The lowest BCUT2D eigenvalue weighted by Crippen LogP contribution is -2.40. The van der Waals surface area contributed by atoms with Crippen molar-refractivity contribution >= 4 is 28.4 Å². The molecular weight excluding hydrogens is 328 g/mol. The smallest absolute Gasteiger partial charge is 0.337 e. The lowest BCUT2D eigenvalue weighted by Gasteiger charge is -2.23. The number of sulfonamides is 1. The van der Waals surface area contributed by atoms with E-state index in [-0.39, 0.29) is 23.3 Å². The third-order valence-electron chi connectivity index (χ3n) is 3.64. The molecule has 6 nitrogen and oxygen atoms in total. The summed E-state index contributed by atoms with van der Waals surface area (Å²) >= 11 is 0. The molecule has 2 rings (SSSR count). The van der Waals surface area contributed by atoms with Gasteiger partial charge >= 0.3 is 5.97 Å². The van der Waals surface area contributed by atoms with E-state index in [4.69, 9.17) is 0 Å². The SMILES string of the molecule is CNCC1CCCN1S(=O)(=O)c1ccc(C(=O)OC)cc1.Cl. The first kappa shape index (κ1) is 18.9. The topological polar surface area (TPSA) is 75.7 Å². The molecule has 1 fully saturated rings. The van der Waals surface area contributed by atoms with Crippen molar-refractivity contribution in [3.05, 3.63) is 29.8 Å². The number of hydrogen-bond donors (Lipinski definition) is 1. The number of rotatable bonds is 5. The van der Waals surface area contributed by atoms with Gasteiger partial charge in [-0.15, -0.1) is 12.4 Å². The summed E-state index contributed by atoms with van der Waals surface area (Å²) in [7, 11) is -0.413. The maximum absolute atomic E-state index is 12.7. The minimum absolute atomic E-state index is 0. The predicted octanol–water partition coefficient (Wildman–Crippen LogP) is 1.27. The number of nitrogens with zero attached hydrogens (tertiary/aromatic N) is 1. The maximum atomic E-state index is 12.7. The number of likely N-dealkylation sites (N-methyl/N-ethyl adjacent to an activating group) is 1. The summed E-state index contributed by atoms with van der Waals surface area (Å²) in [6.07, 6.45) is 1.73. The van der Waals surface area contributed by atoms with Crippen LogP contribution in [0.5, 0.6) is 0 Å². The van der Waals surface area contributed by atoms with Gasteiger partial charge in [-0.3, -0.25) is 0 Å². The van der Waals surface area contributed by atoms with Gasteiger partial charge in [0.05, 0.1) is 17.6 Å². The number of ether oxygens (including phenoxy) is 1. The Morgan fingerprint density at radius 3 is 2.55 bits per heavy atom. The fourth-order valence-corrected chi connectivity index (χ4v) is 4.27. The van der Waals surface area contributed by atoms with Crippen LogP contribution in [0.1, 0.15) is 23.2 Å². The van der Waals surface area contributed by atoms with Crippen molar-refractivity contribution in [1.82, 2.24) is 9.62 Å². The van der Waals surface area contributed by atoms with Gasteiger partial charge in [-0.25, -0.2) is 13.2 Å². The molecule has 1 N–H and O–H groups in total. The standard InChI is InChI=1S/C14H20N2O4S.ClH/c1-15-10-12-4-3-9-16(12)21(18,19)13-7-5-11(6-8-13)14(17)20-2;/h5-8,12,15H,3-4,9-10H2,1-2H3;1H. The maximum Gasteiger partial charge on any atom is 0.337 e. The van der Waals surface area contributed by atoms with Crippen LogP contribution in [0.25, 0.3) is 0 Å². The van der Waals surface area contributed by atoms with E-state index in [1.54, 1.807) is 0 Å². The Bertz CT molecular complexity index is 604. The quantitative estimate of drug-likeness (QED) is 0.811. The Morgan fingerprint density at radius 1 is 1.36 bits per heavy atom. The molecule has 22 heavy (non-hydrogen) atoms. The van der Waals surface area contributed by atoms with Crippen LogP contribution in [0.3, 0.4) is 0 Å². The molecule has 1 aromatic carbocycles. The lowest BCUT2D eigenvalue weighted by molar-refractivity contribution is 0.0600. The van der Waals surface area contributed by atoms with Crippen LogP contribution in [-0.4, -0.2) is 52.0 Å². The number of esters is 1. The molecule has 0 spiro atoms. The Balaban J connectivity index is 0.00000242. The highest BCUT2D eigenvalue weighted by Gasteiger charge is 2.34. The average Bonchev–Trinajstić information content (AvgIpc) is 2.96. The van der Waals surface area contributed by atoms with Crippen molar-refractivity contribution in [3.8, 4) is 0 Å². The van der Waals surface area contributed by atoms with Gasteiger partial charge < -0.3 is 10.1 Å². The van der Waals surface area contributed by atoms with Crippen LogP contribution in [-0.2, 0) is 14.8 Å². The van der Waals surface area contributed by atoms with Crippen molar-refractivity contribution in [2.45, 2.75) is 23.8 Å². The summed E-state index contributed by atoms with van der Waals surface area (Å²) in [4.78, 5) is 11.6. The van der Waals surface area contributed by atoms with E-state index < -0.39 is 16.0 Å². The molecule has 0 aromatic heterocycles. The van der Waals surface area contributed by atoms with Crippen LogP contribution in [0, 0.1) is 0 Å². The fraction of sp³-hybridized carbons (Fsp3) is 0.500. The van der Waals surface area contributed by atoms with Crippen molar-refractivity contribution in [3.63, 3.8) is 0 Å². The second kappa shape index (κ2) is 7.92. The zero-order valence-corrected chi connectivity index (χ0v) is 14.2. The van der Waals surface area contributed by atoms with E-state index in [0.717, 1.165) is 12.8 Å². The predicted molar refractivity (Wildman–Crippen MR) is 85.9 cm³/mol. The molecule has 0 amide bonds. The number of hydrogen-bond acceptors (Lipinski definition) is 5. The van der Waals surface area contributed by atoms with Gasteiger partial charge in [-0.1, -0.05) is 0 Å². The molecular formula is C14H21ClN2O4S. The van der Waals surface area contributed by atoms with Gasteiger partial charge in [0.15, 0.2) is 0 Å². The van der Waals surface area contributed by atoms with Gasteiger partial charge in [-0.05, 0) is 44.2 Å².